The largest absolute Gasteiger partial charge is 0.384 e. The van der Waals surface area contributed by atoms with Gasteiger partial charge in [0.2, 0.25) is 0 Å². The van der Waals surface area contributed by atoms with Crippen molar-refractivity contribution in [2.75, 3.05) is 17.2 Å². The van der Waals surface area contributed by atoms with Gasteiger partial charge in [-0.3, -0.25) is 0 Å². The van der Waals surface area contributed by atoms with Gasteiger partial charge in [-0.1, -0.05) is 12.8 Å². The first-order valence-corrected chi connectivity index (χ1v) is 6.83. The maximum absolute atomic E-state index is 5.80. The molecule has 17 heavy (non-hydrogen) atoms. The van der Waals surface area contributed by atoms with Crippen molar-refractivity contribution in [3.8, 4) is 0 Å². The molecule has 2 fully saturated rings. The summed E-state index contributed by atoms with van der Waals surface area (Å²) < 4.78 is 0. The number of nitrogens with two attached hydrogens (primary N) is 1. The van der Waals surface area contributed by atoms with Crippen molar-refractivity contribution >= 4 is 11.5 Å². The molecule has 2 aliphatic rings. The molecule has 0 radical (unpaired) electrons. The van der Waals surface area contributed by atoms with Gasteiger partial charge in [-0.25, -0.2) is 4.98 Å². The highest BCUT2D eigenvalue weighted by atomic mass is 15.2. The molecule has 3 rings (SSSR count). The highest BCUT2D eigenvalue weighted by Crippen LogP contribution is 2.37. The lowest BCUT2D eigenvalue weighted by Crippen LogP contribution is -2.46. The zero-order valence-electron chi connectivity index (χ0n) is 10.3. The summed E-state index contributed by atoms with van der Waals surface area (Å²) in [6.07, 6.45) is 10.2. The van der Waals surface area contributed by atoms with E-state index in [4.69, 9.17) is 5.73 Å². The number of pyridine rings is 1. The van der Waals surface area contributed by atoms with E-state index in [9.17, 15) is 0 Å². The molecule has 3 nitrogen and oxygen atoms in total. The van der Waals surface area contributed by atoms with Crippen molar-refractivity contribution in [1.29, 1.82) is 0 Å². The maximum Gasteiger partial charge on any atom is 0.125 e. The first kappa shape index (κ1) is 10.9. The molecule has 1 saturated carbocycles. The number of piperidine rings is 1. The molecular formula is C14H21N3. The Labute approximate surface area is 103 Å². The fraction of sp³-hybridized carbons (Fsp3) is 0.643. The molecule has 2 atom stereocenters. The van der Waals surface area contributed by atoms with Crippen LogP contribution in [0, 0.1) is 5.92 Å². The van der Waals surface area contributed by atoms with Crippen LogP contribution in [0.1, 0.15) is 38.5 Å². The van der Waals surface area contributed by atoms with E-state index in [1.807, 2.05) is 12.3 Å². The first-order chi connectivity index (χ1) is 8.34. The highest BCUT2D eigenvalue weighted by molar-refractivity contribution is 5.53. The average molecular weight is 231 g/mol. The van der Waals surface area contributed by atoms with Gasteiger partial charge in [0.25, 0.3) is 0 Å². The summed E-state index contributed by atoms with van der Waals surface area (Å²) in [4.78, 5) is 6.66. The van der Waals surface area contributed by atoms with Crippen LogP contribution in [0.25, 0.3) is 0 Å². The standard InChI is InChI=1S/C14H21N3/c15-14-10-12(7-8-16-14)17-9-3-5-11-4-1-2-6-13(11)17/h7-8,10-11,13H,1-6,9H2,(H2,15,16)/t11-,13-/m1/s1. The van der Waals surface area contributed by atoms with Crippen LogP contribution in [-0.2, 0) is 0 Å². The molecule has 1 aromatic heterocycles. The van der Waals surface area contributed by atoms with Gasteiger partial charge >= 0.3 is 0 Å². The zero-order chi connectivity index (χ0) is 11.7. The van der Waals surface area contributed by atoms with Crippen LogP contribution in [-0.4, -0.2) is 17.6 Å². The molecule has 0 spiro atoms. The summed E-state index contributed by atoms with van der Waals surface area (Å²) in [7, 11) is 0. The molecular weight excluding hydrogens is 210 g/mol. The fourth-order valence-corrected chi connectivity index (χ4v) is 3.56. The Hall–Kier alpha value is -1.25. The van der Waals surface area contributed by atoms with E-state index in [2.05, 4.69) is 16.0 Å². The van der Waals surface area contributed by atoms with Gasteiger partial charge < -0.3 is 10.6 Å². The van der Waals surface area contributed by atoms with Crippen molar-refractivity contribution in [3.63, 3.8) is 0 Å². The first-order valence-electron chi connectivity index (χ1n) is 6.83. The quantitative estimate of drug-likeness (QED) is 0.808. The Kier molecular flexibility index (Phi) is 2.91. The van der Waals surface area contributed by atoms with Crippen LogP contribution in [0.2, 0.25) is 0 Å². The second-order valence-corrected chi connectivity index (χ2v) is 5.39. The number of nitrogens with zero attached hydrogens (tertiary/aromatic N) is 2. The van der Waals surface area contributed by atoms with Gasteiger partial charge in [-0.05, 0) is 37.7 Å². The molecule has 0 amide bonds. The Morgan fingerprint density at radius 3 is 2.88 bits per heavy atom. The smallest absolute Gasteiger partial charge is 0.125 e. The predicted molar refractivity (Wildman–Crippen MR) is 71.0 cm³/mol. The number of hydrogen-bond acceptors (Lipinski definition) is 3. The van der Waals surface area contributed by atoms with Gasteiger partial charge in [0.1, 0.15) is 5.82 Å². The maximum atomic E-state index is 5.80. The normalized spacial score (nSPS) is 28.8. The third kappa shape index (κ3) is 2.11. The van der Waals surface area contributed by atoms with Gasteiger partial charge in [0, 0.05) is 30.5 Å². The van der Waals surface area contributed by atoms with E-state index in [0.717, 1.165) is 12.0 Å². The van der Waals surface area contributed by atoms with Crippen LogP contribution in [0.15, 0.2) is 18.3 Å². The highest BCUT2D eigenvalue weighted by Gasteiger charge is 2.33. The predicted octanol–water partition coefficient (Wildman–Crippen LogP) is 2.82. The Bertz CT molecular complexity index is 389. The molecule has 2 N–H and O–H groups in total. The van der Waals surface area contributed by atoms with Crippen LogP contribution in [0.4, 0.5) is 11.5 Å². The Balaban J connectivity index is 1.85. The minimum absolute atomic E-state index is 0.639. The minimum Gasteiger partial charge on any atom is -0.384 e. The van der Waals surface area contributed by atoms with Crippen molar-refractivity contribution in [3.05, 3.63) is 18.3 Å². The fourth-order valence-electron chi connectivity index (χ4n) is 3.56. The molecule has 0 aromatic carbocycles. The number of hydrogen-bond donors (Lipinski definition) is 1. The number of nitrogen functional groups attached to an aromatic ring is 1. The molecule has 2 heterocycles. The summed E-state index contributed by atoms with van der Waals surface area (Å²) in [5.41, 5.74) is 7.07. The molecule has 92 valence electrons. The lowest BCUT2D eigenvalue weighted by Gasteiger charge is -2.45. The third-order valence-corrected chi connectivity index (χ3v) is 4.34. The van der Waals surface area contributed by atoms with Crippen molar-refractivity contribution in [2.24, 2.45) is 5.92 Å². The average Bonchev–Trinajstić information content (AvgIpc) is 2.38. The van der Waals surface area contributed by atoms with E-state index in [-0.39, 0.29) is 0 Å². The molecule has 1 saturated heterocycles. The van der Waals surface area contributed by atoms with Gasteiger partial charge in [0.15, 0.2) is 0 Å². The van der Waals surface area contributed by atoms with Crippen molar-refractivity contribution in [1.82, 2.24) is 4.98 Å². The summed E-state index contributed by atoms with van der Waals surface area (Å²) in [5, 5.41) is 0. The Morgan fingerprint density at radius 1 is 1.18 bits per heavy atom. The molecule has 3 heteroatoms. The van der Waals surface area contributed by atoms with Crippen LogP contribution in [0.3, 0.4) is 0 Å². The Morgan fingerprint density at radius 2 is 2.00 bits per heavy atom. The second kappa shape index (κ2) is 4.55. The SMILES string of the molecule is Nc1cc(N2CCC[C@H]3CCCC[C@H]32)ccn1. The van der Waals surface area contributed by atoms with E-state index in [1.165, 1.54) is 50.8 Å². The summed E-state index contributed by atoms with van der Waals surface area (Å²) in [5.74, 6) is 1.55. The second-order valence-electron chi connectivity index (χ2n) is 5.39. The van der Waals surface area contributed by atoms with Gasteiger partial charge in [-0.2, -0.15) is 0 Å². The molecule has 0 bridgehead atoms. The van der Waals surface area contributed by atoms with E-state index in [1.54, 1.807) is 0 Å². The van der Waals surface area contributed by atoms with Crippen LogP contribution in [0.5, 0.6) is 0 Å². The lowest BCUT2D eigenvalue weighted by atomic mass is 9.78. The molecule has 1 aliphatic carbocycles. The minimum atomic E-state index is 0.639. The number of rotatable bonds is 1. The molecule has 0 unspecified atom stereocenters. The summed E-state index contributed by atoms with van der Waals surface area (Å²) in [6.45, 7) is 1.19. The molecule has 1 aliphatic heterocycles. The lowest BCUT2D eigenvalue weighted by molar-refractivity contribution is 0.244. The number of anilines is 2. The molecule has 1 aromatic rings. The summed E-state index contributed by atoms with van der Waals surface area (Å²) in [6, 6.07) is 4.88. The van der Waals surface area contributed by atoms with Gasteiger partial charge in [-0.15, -0.1) is 0 Å². The van der Waals surface area contributed by atoms with E-state index >= 15 is 0 Å². The summed E-state index contributed by atoms with van der Waals surface area (Å²) >= 11 is 0. The van der Waals surface area contributed by atoms with E-state index in [0.29, 0.717) is 5.82 Å². The monoisotopic (exact) mass is 231 g/mol. The van der Waals surface area contributed by atoms with Crippen LogP contribution < -0.4 is 10.6 Å². The topological polar surface area (TPSA) is 42.1 Å². The van der Waals surface area contributed by atoms with Crippen LogP contribution >= 0.6 is 0 Å². The van der Waals surface area contributed by atoms with E-state index < -0.39 is 0 Å². The zero-order valence-corrected chi connectivity index (χ0v) is 10.3. The number of aromatic nitrogens is 1. The van der Waals surface area contributed by atoms with Gasteiger partial charge in [0.05, 0.1) is 0 Å². The third-order valence-electron chi connectivity index (χ3n) is 4.34. The van der Waals surface area contributed by atoms with Crippen molar-refractivity contribution < 1.29 is 0 Å². The van der Waals surface area contributed by atoms with Crippen molar-refractivity contribution in [2.45, 2.75) is 44.6 Å². The number of fused-ring (bicyclic) bond motifs is 1.